The molecule has 1 aromatic rings. The number of benzene rings is 1. The van der Waals surface area contributed by atoms with Gasteiger partial charge in [-0.15, -0.1) is 0 Å². The molecule has 9 heteroatoms. The van der Waals surface area contributed by atoms with E-state index in [1.165, 1.54) is 21.0 Å². The fourth-order valence-electron chi connectivity index (χ4n) is 2.70. The summed E-state index contributed by atoms with van der Waals surface area (Å²) in [6, 6.07) is 9.26. The smallest absolute Gasteiger partial charge is 0.339 e. The molecule has 1 aliphatic heterocycles. The molecule has 0 aliphatic carbocycles. The van der Waals surface area contributed by atoms with Gasteiger partial charge >= 0.3 is 17.9 Å². The van der Waals surface area contributed by atoms with Gasteiger partial charge in [0.1, 0.15) is 6.10 Å². The summed E-state index contributed by atoms with van der Waals surface area (Å²) >= 11 is 3.25. The quantitative estimate of drug-likeness (QED) is 0.371. The van der Waals surface area contributed by atoms with Gasteiger partial charge in [-0.1, -0.05) is 46.3 Å². The van der Waals surface area contributed by atoms with Crippen molar-refractivity contribution in [2.45, 2.75) is 49.9 Å². The molecule has 0 bridgehead atoms. The second-order valence-electron chi connectivity index (χ2n) is 5.84. The first kappa shape index (κ1) is 21.3. The van der Waals surface area contributed by atoms with Crippen LogP contribution in [0.4, 0.5) is 0 Å². The molecule has 0 saturated carbocycles. The van der Waals surface area contributed by atoms with Gasteiger partial charge in [-0.25, -0.2) is 4.79 Å². The van der Waals surface area contributed by atoms with Crippen LogP contribution in [0.2, 0.25) is 0 Å². The average molecular weight is 445 g/mol. The topological polar surface area (TPSA) is 97.4 Å². The minimum atomic E-state index is -1.24. The Bertz CT molecular complexity index is 665. The zero-order chi connectivity index (χ0) is 20.0. The van der Waals surface area contributed by atoms with E-state index in [0.29, 0.717) is 0 Å². The molecule has 0 amide bonds. The fourth-order valence-corrected chi connectivity index (χ4v) is 3.34. The van der Waals surface area contributed by atoms with Crippen molar-refractivity contribution in [2.24, 2.45) is 0 Å². The van der Waals surface area contributed by atoms with Crippen LogP contribution in [-0.4, -0.2) is 54.4 Å². The molecule has 1 heterocycles. The van der Waals surface area contributed by atoms with Crippen molar-refractivity contribution in [3.05, 3.63) is 35.9 Å². The van der Waals surface area contributed by atoms with Crippen LogP contribution in [0, 0.1) is 0 Å². The number of esters is 3. The Morgan fingerprint density at radius 1 is 1.00 bits per heavy atom. The van der Waals surface area contributed by atoms with Gasteiger partial charge in [0.25, 0.3) is 0 Å². The average Bonchev–Trinajstić information content (AvgIpc) is 2.63. The zero-order valence-electron chi connectivity index (χ0n) is 15.1. The van der Waals surface area contributed by atoms with Crippen LogP contribution in [0.25, 0.3) is 0 Å². The maximum absolute atomic E-state index is 12.1. The third-order valence-corrected chi connectivity index (χ3v) is 4.54. The molecule has 1 saturated heterocycles. The number of methoxy groups -OCH3 is 1. The summed E-state index contributed by atoms with van der Waals surface area (Å²) in [7, 11) is 1.19. The summed E-state index contributed by atoms with van der Waals surface area (Å²) in [5, 5.41) is -0.863. The van der Waals surface area contributed by atoms with Crippen molar-refractivity contribution in [1.82, 2.24) is 0 Å². The third-order valence-electron chi connectivity index (χ3n) is 3.80. The van der Waals surface area contributed by atoms with E-state index < -0.39 is 47.3 Å². The number of halogens is 1. The van der Waals surface area contributed by atoms with Crippen LogP contribution in [0.3, 0.4) is 0 Å². The Kier molecular flexibility index (Phi) is 7.76. The second kappa shape index (κ2) is 9.82. The number of ether oxygens (including phenoxy) is 5. The Balaban J connectivity index is 2.32. The monoisotopic (exact) mass is 444 g/mol. The molecule has 0 radical (unpaired) electrons. The van der Waals surface area contributed by atoms with Crippen LogP contribution in [-0.2, 0) is 44.7 Å². The minimum Gasteiger partial charge on any atom is -0.467 e. The fraction of sp³-hybridized carbons (Fsp3) is 0.500. The molecule has 8 nitrogen and oxygen atoms in total. The predicted molar refractivity (Wildman–Crippen MR) is 95.7 cm³/mol. The van der Waals surface area contributed by atoms with Gasteiger partial charge in [-0.05, 0) is 5.56 Å². The lowest BCUT2D eigenvalue weighted by atomic mass is 9.99. The van der Waals surface area contributed by atoms with E-state index in [2.05, 4.69) is 15.9 Å². The SMILES string of the molecule is COC(=O)[C@@H]1O[C@@H](Br)[C@H](OC(C)=O)[C@@H](OCc2ccccc2)[C@@H]1OC(C)=O. The normalized spacial score (nSPS) is 27.5. The van der Waals surface area contributed by atoms with E-state index in [-0.39, 0.29) is 6.61 Å². The van der Waals surface area contributed by atoms with Gasteiger partial charge in [0.05, 0.1) is 13.7 Å². The zero-order valence-corrected chi connectivity index (χ0v) is 16.7. The summed E-state index contributed by atoms with van der Waals surface area (Å²) in [4.78, 5) is 35.2. The van der Waals surface area contributed by atoms with Gasteiger partial charge in [0.15, 0.2) is 23.3 Å². The van der Waals surface area contributed by atoms with Gasteiger partial charge in [-0.2, -0.15) is 0 Å². The highest BCUT2D eigenvalue weighted by Crippen LogP contribution is 2.32. The minimum absolute atomic E-state index is 0.147. The maximum Gasteiger partial charge on any atom is 0.339 e. The Hall–Kier alpha value is -1.97. The van der Waals surface area contributed by atoms with Crippen molar-refractivity contribution in [3.63, 3.8) is 0 Å². The van der Waals surface area contributed by atoms with Crippen molar-refractivity contribution >= 4 is 33.8 Å². The summed E-state index contributed by atoms with van der Waals surface area (Å²) in [6.45, 7) is 2.58. The van der Waals surface area contributed by atoms with Gasteiger partial charge in [-0.3, -0.25) is 9.59 Å². The van der Waals surface area contributed by atoms with Crippen molar-refractivity contribution < 1.29 is 38.1 Å². The molecular formula is C18H21BrO8. The van der Waals surface area contributed by atoms with Gasteiger partial charge < -0.3 is 23.7 Å². The van der Waals surface area contributed by atoms with Gasteiger partial charge in [0.2, 0.25) is 0 Å². The van der Waals surface area contributed by atoms with E-state index in [1.807, 2.05) is 30.3 Å². The molecular weight excluding hydrogens is 424 g/mol. The van der Waals surface area contributed by atoms with E-state index in [0.717, 1.165) is 5.56 Å². The lowest BCUT2D eigenvalue weighted by molar-refractivity contribution is -0.237. The molecule has 1 aliphatic rings. The van der Waals surface area contributed by atoms with Crippen molar-refractivity contribution in [3.8, 4) is 0 Å². The first-order chi connectivity index (χ1) is 12.8. The molecule has 27 heavy (non-hydrogen) atoms. The van der Waals surface area contributed by atoms with Crippen LogP contribution in [0.15, 0.2) is 30.3 Å². The molecule has 0 spiro atoms. The third kappa shape index (κ3) is 5.75. The lowest BCUT2D eigenvalue weighted by Gasteiger charge is -2.42. The predicted octanol–water partition coefficient (Wildman–Crippen LogP) is 1.73. The van der Waals surface area contributed by atoms with Gasteiger partial charge in [0, 0.05) is 13.8 Å². The van der Waals surface area contributed by atoms with Crippen LogP contribution < -0.4 is 0 Å². The number of hydrogen-bond acceptors (Lipinski definition) is 8. The van der Waals surface area contributed by atoms with Crippen LogP contribution in [0.1, 0.15) is 19.4 Å². The molecule has 0 unspecified atom stereocenters. The van der Waals surface area contributed by atoms with E-state index in [1.54, 1.807) is 0 Å². The summed E-state index contributed by atoms with van der Waals surface area (Å²) < 4.78 is 26.8. The largest absolute Gasteiger partial charge is 0.467 e. The number of alkyl halides is 1. The summed E-state index contributed by atoms with van der Waals surface area (Å²) in [5.41, 5.74) is 0.855. The summed E-state index contributed by atoms with van der Waals surface area (Å²) in [6.07, 6.45) is -4.30. The number of rotatable bonds is 6. The highest BCUT2D eigenvalue weighted by Gasteiger charge is 2.52. The highest BCUT2D eigenvalue weighted by molar-refractivity contribution is 9.09. The summed E-state index contributed by atoms with van der Waals surface area (Å²) in [5.74, 6) is -1.94. The second-order valence-corrected chi connectivity index (χ2v) is 6.74. The van der Waals surface area contributed by atoms with E-state index >= 15 is 0 Å². The van der Waals surface area contributed by atoms with Crippen molar-refractivity contribution in [2.75, 3.05) is 7.11 Å². The van der Waals surface area contributed by atoms with Crippen LogP contribution in [0.5, 0.6) is 0 Å². The maximum atomic E-state index is 12.1. The lowest BCUT2D eigenvalue weighted by Crippen LogP contribution is -2.61. The molecule has 1 aromatic carbocycles. The Morgan fingerprint density at radius 2 is 1.59 bits per heavy atom. The standard InChI is InChI=1S/C18H21BrO8/c1-10(20)25-14-13(24-9-12-7-5-4-6-8-12)15(26-11(2)21)17(19)27-16(14)18(22)23-3/h4-8,13-17H,9H2,1-3H3/t13-,14-,15+,16+,17+/m0/s1. The first-order valence-electron chi connectivity index (χ1n) is 8.20. The molecule has 148 valence electrons. The van der Waals surface area contributed by atoms with E-state index in [4.69, 9.17) is 23.7 Å². The number of hydrogen-bond donors (Lipinski definition) is 0. The highest BCUT2D eigenvalue weighted by atomic mass is 79.9. The molecule has 0 aromatic heterocycles. The molecule has 1 fully saturated rings. The first-order valence-corrected chi connectivity index (χ1v) is 9.12. The number of carbonyl (C=O) groups excluding carboxylic acids is 3. The van der Waals surface area contributed by atoms with Crippen molar-refractivity contribution in [1.29, 1.82) is 0 Å². The Labute approximate surface area is 165 Å². The van der Waals surface area contributed by atoms with Crippen LogP contribution >= 0.6 is 15.9 Å². The Morgan fingerprint density at radius 3 is 2.15 bits per heavy atom. The molecule has 0 N–H and O–H groups in total. The number of carbonyl (C=O) groups is 3. The molecule has 5 atom stereocenters. The van der Waals surface area contributed by atoms with E-state index in [9.17, 15) is 14.4 Å². The molecule has 2 rings (SSSR count).